The summed E-state index contributed by atoms with van der Waals surface area (Å²) in [6.07, 6.45) is 0.224. The minimum atomic E-state index is -0.152. The Kier molecular flexibility index (Phi) is 9.58. The molecule has 0 bridgehead atoms. The van der Waals surface area contributed by atoms with Crippen LogP contribution in [0.3, 0.4) is 0 Å². The van der Waals surface area contributed by atoms with Gasteiger partial charge in [0, 0.05) is 11.4 Å². The van der Waals surface area contributed by atoms with Gasteiger partial charge in [0.05, 0.1) is 32.4 Å². The summed E-state index contributed by atoms with van der Waals surface area (Å²) in [6.45, 7) is 4.64. The lowest BCUT2D eigenvalue weighted by Gasteiger charge is -2.12. The van der Waals surface area contributed by atoms with Crippen molar-refractivity contribution in [2.75, 3.05) is 24.8 Å². The lowest BCUT2D eigenvalue weighted by atomic mass is 10.1. The number of aryl methyl sites for hydroxylation is 1. The van der Waals surface area contributed by atoms with Crippen LogP contribution in [0.1, 0.15) is 23.9 Å². The highest BCUT2D eigenvalue weighted by Crippen LogP contribution is 2.24. The van der Waals surface area contributed by atoms with Crippen molar-refractivity contribution in [1.29, 1.82) is 0 Å². The molecule has 39 heavy (non-hydrogen) atoms. The molecular weight excluding hydrogens is 514 g/mol. The first kappa shape index (κ1) is 27.7. The lowest BCUT2D eigenvalue weighted by Crippen LogP contribution is -2.26. The van der Waals surface area contributed by atoms with E-state index in [1.165, 1.54) is 11.8 Å². The molecule has 0 aliphatic carbocycles. The summed E-state index contributed by atoms with van der Waals surface area (Å²) in [7, 11) is 1.60. The molecule has 10 heteroatoms. The van der Waals surface area contributed by atoms with Gasteiger partial charge < -0.3 is 20.1 Å². The van der Waals surface area contributed by atoms with Gasteiger partial charge in [0.15, 0.2) is 11.0 Å². The Bertz CT molecular complexity index is 1400. The number of carbonyl (C=O) groups is 2. The Morgan fingerprint density at radius 1 is 0.949 bits per heavy atom. The Hall–Kier alpha value is -4.31. The number of nitrogens with one attached hydrogen (secondary N) is 2. The van der Waals surface area contributed by atoms with Gasteiger partial charge in [0.2, 0.25) is 11.8 Å². The number of hydrogen-bond donors (Lipinski definition) is 2. The molecule has 2 amide bonds. The molecule has 2 N–H and O–H groups in total. The summed E-state index contributed by atoms with van der Waals surface area (Å²) in [4.78, 5) is 25.3. The van der Waals surface area contributed by atoms with E-state index in [0.717, 1.165) is 34.0 Å². The van der Waals surface area contributed by atoms with Gasteiger partial charge in [-0.1, -0.05) is 36.0 Å². The zero-order valence-electron chi connectivity index (χ0n) is 22.1. The fraction of sp³-hybridized carbons (Fsp3) is 0.241. The summed E-state index contributed by atoms with van der Waals surface area (Å²) >= 11 is 1.27. The topological polar surface area (TPSA) is 107 Å². The van der Waals surface area contributed by atoms with Crippen molar-refractivity contribution in [1.82, 2.24) is 20.1 Å². The van der Waals surface area contributed by atoms with Crippen LogP contribution in [0.2, 0.25) is 0 Å². The molecule has 4 aromatic rings. The SMILES string of the molecule is CCOc1ccc(-n2c(CNC(=O)Cc3ccc(OC)cc3)nnc2SCC(=O)Nc2cccc(C)c2)cc1. The lowest BCUT2D eigenvalue weighted by molar-refractivity contribution is -0.120. The molecule has 4 rings (SSSR count). The van der Waals surface area contributed by atoms with Crippen LogP contribution in [0.25, 0.3) is 5.69 Å². The number of aromatic nitrogens is 3. The first-order chi connectivity index (χ1) is 18.9. The fourth-order valence-electron chi connectivity index (χ4n) is 3.84. The summed E-state index contributed by atoms with van der Waals surface area (Å²) in [5.74, 6) is 1.88. The van der Waals surface area contributed by atoms with E-state index in [9.17, 15) is 9.59 Å². The van der Waals surface area contributed by atoms with Crippen LogP contribution in [0.15, 0.2) is 78.0 Å². The smallest absolute Gasteiger partial charge is 0.234 e. The van der Waals surface area contributed by atoms with Gasteiger partial charge >= 0.3 is 0 Å². The quantitative estimate of drug-likeness (QED) is 0.251. The highest BCUT2D eigenvalue weighted by atomic mass is 32.2. The van der Waals surface area contributed by atoms with E-state index in [0.29, 0.717) is 17.6 Å². The maximum atomic E-state index is 12.6. The number of hydrogen-bond acceptors (Lipinski definition) is 7. The van der Waals surface area contributed by atoms with Crippen LogP contribution in [0.5, 0.6) is 11.5 Å². The Labute approximate surface area is 231 Å². The van der Waals surface area contributed by atoms with Crippen LogP contribution in [0, 0.1) is 6.92 Å². The molecule has 1 aromatic heterocycles. The number of amides is 2. The molecule has 0 saturated heterocycles. The number of thioether (sulfide) groups is 1. The minimum absolute atomic E-state index is 0.145. The molecule has 0 fully saturated rings. The third-order valence-electron chi connectivity index (χ3n) is 5.71. The number of rotatable bonds is 12. The van der Waals surface area contributed by atoms with E-state index < -0.39 is 0 Å². The van der Waals surface area contributed by atoms with Crippen molar-refractivity contribution in [2.24, 2.45) is 0 Å². The fourth-order valence-corrected chi connectivity index (χ4v) is 4.62. The average molecular weight is 546 g/mol. The molecule has 9 nitrogen and oxygen atoms in total. The second-order valence-corrected chi connectivity index (χ2v) is 9.61. The highest BCUT2D eigenvalue weighted by Gasteiger charge is 2.17. The first-order valence-corrected chi connectivity index (χ1v) is 13.5. The van der Waals surface area contributed by atoms with Gasteiger partial charge in [0.25, 0.3) is 0 Å². The van der Waals surface area contributed by atoms with E-state index in [1.54, 1.807) is 7.11 Å². The van der Waals surface area contributed by atoms with Crippen molar-refractivity contribution in [3.8, 4) is 17.2 Å². The van der Waals surface area contributed by atoms with Crippen molar-refractivity contribution in [2.45, 2.75) is 32.0 Å². The molecular formula is C29H31N5O4S. The number of carbonyl (C=O) groups excluding carboxylic acids is 2. The van der Waals surface area contributed by atoms with Gasteiger partial charge in [-0.2, -0.15) is 0 Å². The summed E-state index contributed by atoms with van der Waals surface area (Å²) in [5.41, 5.74) is 3.48. The molecule has 0 aliphatic rings. The number of benzene rings is 3. The highest BCUT2D eigenvalue weighted by molar-refractivity contribution is 7.99. The Morgan fingerprint density at radius 3 is 2.38 bits per heavy atom. The molecule has 0 atom stereocenters. The van der Waals surface area contributed by atoms with Crippen molar-refractivity contribution in [3.63, 3.8) is 0 Å². The average Bonchev–Trinajstić information content (AvgIpc) is 3.34. The van der Waals surface area contributed by atoms with Gasteiger partial charge in [-0.05, 0) is 73.5 Å². The summed E-state index contributed by atoms with van der Waals surface area (Å²) in [6, 6.07) is 22.5. The van der Waals surface area contributed by atoms with Gasteiger partial charge in [-0.15, -0.1) is 10.2 Å². The van der Waals surface area contributed by atoms with Crippen molar-refractivity contribution < 1.29 is 19.1 Å². The standard InChI is InChI=1S/C29H31N5O4S/c1-4-38-25-14-10-23(11-15-25)34-26(18-30-27(35)17-21-8-12-24(37-3)13-9-21)32-33-29(34)39-19-28(36)31-22-7-5-6-20(2)16-22/h5-16H,4,17-19H2,1-3H3,(H,30,35)(H,31,36). The molecule has 3 aromatic carbocycles. The van der Waals surface area contributed by atoms with E-state index in [4.69, 9.17) is 9.47 Å². The monoisotopic (exact) mass is 545 g/mol. The van der Waals surface area contributed by atoms with Crippen LogP contribution < -0.4 is 20.1 Å². The minimum Gasteiger partial charge on any atom is -0.497 e. The summed E-state index contributed by atoms with van der Waals surface area (Å²) < 4.78 is 12.6. The third-order valence-corrected chi connectivity index (χ3v) is 6.64. The molecule has 0 saturated carbocycles. The van der Waals surface area contributed by atoms with E-state index in [1.807, 2.05) is 91.2 Å². The largest absolute Gasteiger partial charge is 0.497 e. The normalized spacial score (nSPS) is 10.6. The van der Waals surface area contributed by atoms with Crippen molar-refractivity contribution in [3.05, 3.63) is 89.7 Å². The van der Waals surface area contributed by atoms with E-state index in [2.05, 4.69) is 20.8 Å². The van der Waals surface area contributed by atoms with Gasteiger partial charge in [-0.25, -0.2) is 0 Å². The second-order valence-electron chi connectivity index (χ2n) is 8.67. The maximum Gasteiger partial charge on any atom is 0.234 e. The predicted octanol–water partition coefficient (Wildman–Crippen LogP) is 4.57. The zero-order valence-corrected chi connectivity index (χ0v) is 23.0. The third kappa shape index (κ3) is 7.84. The molecule has 0 aliphatic heterocycles. The molecule has 202 valence electrons. The van der Waals surface area contributed by atoms with Gasteiger partial charge in [-0.3, -0.25) is 14.2 Å². The maximum absolute atomic E-state index is 12.6. The van der Waals surface area contributed by atoms with Crippen LogP contribution >= 0.6 is 11.8 Å². The van der Waals surface area contributed by atoms with Crippen LogP contribution in [-0.4, -0.2) is 46.0 Å². The number of ether oxygens (including phenoxy) is 2. The van der Waals surface area contributed by atoms with Gasteiger partial charge in [0.1, 0.15) is 11.5 Å². The van der Waals surface area contributed by atoms with Crippen LogP contribution in [0.4, 0.5) is 5.69 Å². The molecule has 0 spiro atoms. The van der Waals surface area contributed by atoms with E-state index in [-0.39, 0.29) is 30.5 Å². The Balaban J connectivity index is 1.46. The van der Waals surface area contributed by atoms with E-state index >= 15 is 0 Å². The molecule has 0 unspecified atom stereocenters. The zero-order chi connectivity index (χ0) is 27.6. The van der Waals surface area contributed by atoms with Crippen molar-refractivity contribution >= 4 is 29.3 Å². The molecule has 0 radical (unpaired) electrons. The Morgan fingerprint density at radius 2 is 1.69 bits per heavy atom. The first-order valence-electron chi connectivity index (χ1n) is 12.5. The van der Waals surface area contributed by atoms with Crippen LogP contribution in [-0.2, 0) is 22.6 Å². The predicted molar refractivity (Wildman–Crippen MR) is 152 cm³/mol. The molecule has 1 heterocycles. The number of nitrogens with zero attached hydrogens (tertiary/aromatic N) is 3. The summed E-state index contributed by atoms with van der Waals surface area (Å²) in [5, 5.41) is 15.0. The number of methoxy groups -OCH3 is 1. The second kappa shape index (κ2) is 13.5. The number of anilines is 1.